The standard InChI is InChI=1S/C23H17FN4O2S2/c1-13-9-10-15(12-17(13)24)28-22(29)16-6-3-4-7-18(16)25-23(28)32-14(2)20-26-27-21(30-20)19-8-5-11-31-19/h3-12,14H,1-2H3. The molecule has 9 heteroatoms. The second-order valence-electron chi connectivity index (χ2n) is 7.17. The van der Waals surface area contributed by atoms with Gasteiger partial charge in [0.15, 0.2) is 5.16 Å². The molecule has 2 aromatic carbocycles. The summed E-state index contributed by atoms with van der Waals surface area (Å²) in [5.41, 5.74) is 1.22. The molecule has 3 aromatic heterocycles. The molecule has 0 radical (unpaired) electrons. The number of thiophene rings is 1. The maximum Gasteiger partial charge on any atom is 0.266 e. The molecule has 0 aliphatic rings. The number of aromatic nitrogens is 4. The van der Waals surface area contributed by atoms with E-state index in [1.165, 1.54) is 33.7 Å². The van der Waals surface area contributed by atoms with Crippen LogP contribution in [0.4, 0.5) is 4.39 Å². The number of halogens is 1. The van der Waals surface area contributed by atoms with E-state index in [4.69, 9.17) is 9.40 Å². The fraction of sp³-hybridized carbons (Fsp3) is 0.130. The number of aryl methyl sites for hydroxylation is 1. The second-order valence-corrected chi connectivity index (χ2v) is 9.42. The van der Waals surface area contributed by atoms with E-state index in [0.29, 0.717) is 39.1 Å². The van der Waals surface area contributed by atoms with Crippen molar-refractivity contribution in [3.8, 4) is 16.5 Å². The highest BCUT2D eigenvalue weighted by Crippen LogP contribution is 2.36. The molecule has 160 valence electrons. The number of hydrogen-bond acceptors (Lipinski definition) is 7. The lowest BCUT2D eigenvalue weighted by molar-refractivity contribution is 0.509. The van der Waals surface area contributed by atoms with Crippen LogP contribution >= 0.6 is 23.1 Å². The third-order valence-electron chi connectivity index (χ3n) is 4.96. The molecule has 0 N–H and O–H groups in total. The Hall–Kier alpha value is -3.30. The fourth-order valence-electron chi connectivity index (χ4n) is 3.25. The van der Waals surface area contributed by atoms with Gasteiger partial charge in [-0.3, -0.25) is 9.36 Å². The zero-order valence-electron chi connectivity index (χ0n) is 17.2. The highest BCUT2D eigenvalue weighted by Gasteiger charge is 2.21. The summed E-state index contributed by atoms with van der Waals surface area (Å²) in [5, 5.41) is 10.8. The first-order valence-corrected chi connectivity index (χ1v) is 11.6. The normalized spacial score (nSPS) is 12.3. The third kappa shape index (κ3) is 3.74. The third-order valence-corrected chi connectivity index (χ3v) is 6.86. The minimum absolute atomic E-state index is 0.265. The average Bonchev–Trinajstić information content (AvgIpc) is 3.48. The van der Waals surface area contributed by atoms with Gasteiger partial charge in [-0.1, -0.05) is 36.0 Å². The van der Waals surface area contributed by atoms with Gasteiger partial charge >= 0.3 is 0 Å². The van der Waals surface area contributed by atoms with Gasteiger partial charge in [-0.2, -0.15) is 0 Å². The number of fused-ring (bicyclic) bond motifs is 1. The van der Waals surface area contributed by atoms with Crippen molar-refractivity contribution >= 4 is 34.0 Å². The van der Waals surface area contributed by atoms with E-state index in [1.807, 2.05) is 30.5 Å². The maximum absolute atomic E-state index is 14.3. The summed E-state index contributed by atoms with van der Waals surface area (Å²) in [5.74, 6) is 0.485. The Morgan fingerprint density at radius 1 is 1.12 bits per heavy atom. The van der Waals surface area contributed by atoms with Crippen molar-refractivity contribution in [2.24, 2.45) is 0 Å². The lowest BCUT2D eigenvalue weighted by atomic mass is 10.2. The van der Waals surface area contributed by atoms with Crippen LogP contribution in [-0.4, -0.2) is 19.7 Å². The summed E-state index contributed by atoms with van der Waals surface area (Å²) in [6.07, 6.45) is 0. The van der Waals surface area contributed by atoms with Gasteiger partial charge in [0.25, 0.3) is 11.4 Å². The summed E-state index contributed by atoms with van der Waals surface area (Å²) in [6, 6.07) is 15.7. The highest BCUT2D eigenvalue weighted by molar-refractivity contribution is 7.99. The summed E-state index contributed by atoms with van der Waals surface area (Å²) in [4.78, 5) is 18.9. The van der Waals surface area contributed by atoms with Crippen molar-refractivity contribution in [1.82, 2.24) is 19.7 Å². The van der Waals surface area contributed by atoms with Gasteiger partial charge in [-0.25, -0.2) is 9.37 Å². The predicted molar refractivity (Wildman–Crippen MR) is 124 cm³/mol. The van der Waals surface area contributed by atoms with Crippen LogP contribution in [-0.2, 0) is 0 Å². The predicted octanol–water partition coefficient (Wildman–Crippen LogP) is 5.80. The molecule has 5 rings (SSSR count). The number of hydrogen-bond donors (Lipinski definition) is 0. The minimum atomic E-state index is -0.385. The summed E-state index contributed by atoms with van der Waals surface area (Å²) in [7, 11) is 0. The summed E-state index contributed by atoms with van der Waals surface area (Å²) < 4.78 is 21.6. The van der Waals surface area contributed by atoms with E-state index in [9.17, 15) is 9.18 Å². The lowest BCUT2D eigenvalue weighted by Gasteiger charge is -2.15. The van der Waals surface area contributed by atoms with Gasteiger partial charge in [-0.15, -0.1) is 21.5 Å². The van der Waals surface area contributed by atoms with Crippen LogP contribution in [0.15, 0.2) is 74.3 Å². The molecule has 3 heterocycles. The number of rotatable bonds is 5. The first-order valence-electron chi connectivity index (χ1n) is 9.83. The van der Waals surface area contributed by atoms with Crippen LogP contribution in [0.1, 0.15) is 23.6 Å². The zero-order chi connectivity index (χ0) is 22.2. The van der Waals surface area contributed by atoms with Crippen molar-refractivity contribution in [3.63, 3.8) is 0 Å². The molecule has 0 aliphatic heterocycles. The zero-order valence-corrected chi connectivity index (χ0v) is 18.8. The van der Waals surface area contributed by atoms with Crippen molar-refractivity contribution < 1.29 is 8.81 Å². The number of para-hydroxylation sites is 1. The molecule has 32 heavy (non-hydrogen) atoms. The van der Waals surface area contributed by atoms with Crippen molar-refractivity contribution in [3.05, 3.63) is 87.6 Å². The molecule has 6 nitrogen and oxygen atoms in total. The van der Waals surface area contributed by atoms with E-state index >= 15 is 0 Å². The van der Waals surface area contributed by atoms with Crippen molar-refractivity contribution in [1.29, 1.82) is 0 Å². The van der Waals surface area contributed by atoms with E-state index in [1.54, 1.807) is 37.3 Å². The number of nitrogens with zero attached hydrogens (tertiary/aromatic N) is 4. The van der Waals surface area contributed by atoms with E-state index in [-0.39, 0.29) is 16.6 Å². The molecular formula is C23H17FN4O2S2. The van der Waals surface area contributed by atoms with E-state index < -0.39 is 0 Å². The largest absolute Gasteiger partial charge is 0.419 e. The summed E-state index contributed by atoms with van der Waals surface area (Å²) >= 11 is 2.82. The topological polar surface area (TPSA) is 73.8 Å². The van der Waals surface area contributed by atoms with E-state index in [2.05, 4.69) is 10.2 Å². The molecule has 0 saturated carbocycles. The molecular weight excluding hydrogens is 447 g/mol. The molecule has 0 bridgehead atoms. The SMILES string of the molecule is Cc1ccc(-n2c(SC(C)c3nnc(-c4cccs4)o3)nc3ccccc3c2=O)cc1F. The smallest absolute Gasteiger partial charge is 0.266 e. The Labute approximate surface area is 190 Å². The molecule has 0 aliphatic carbocycles. The van der Waals surface area contributed by atoms with Crippen LogP contribution < -0.4 is 5.56 Å². The Morgan fingerprint density at radius 2 is 1.97 bits per heavy atom. The Morgan fingerprint density at radius 3 is 2.75 bits per heavy atom. The molecule has 5 aromatic rings. The van der Waals surface area contributed by atoms with Gasteiger partial charge < -0.3 is 4.42 Å². The quantitative estimate of drug-likeness (QED) is 0.242. The van der Waals surface area contributed by atoms with Gasteiger partial charge in [-0.05, 0) is 55.1 Å². The van der Waals surface area contributed by atoms with Crippen LogP contribution in [0, 0.1) is 12.7 Å². The Bertz CT molecular complexity index is 1480. The molecule has 0 saturated heterocycles. The first kappa shape index (κ1) is 20.6. The Kier molecular flexibility index (Phi) is 5.36. The minimum Gasteiger partial charge on any atom is -0.419 e. The van der Waals surface area contributed by atoms with Crippen LogP contribution in [0.25, 0.3) is 27.4 Å². The van der Waals surface area contributed by atoms with Gasteiger partial charge in [0.1, 0.15) is 5.82 Å². The van der Waals surface area contributed by atoms with Crippen molar-refractivity contribution in [2.45, 2.75) is 24.3 Å². The molecule has 1 atom stereocenters. The molecule has 0 fully saturated rings. The highest BCUT2D eigenvalue weighted by atomic mass is 32.2. The fourth-order valence-corrected chi connectivity index (χ4v) is 4.85. The maximum atomic E-state index is 14.3. The van der Waals surface area contributed by atoms with Crippen LogP contribution in [0.3, 0.4) is 0 Å². The average molecular weight is 465 g/mol. The van der Waals surface area contributed by atoms with Crippen LogP contribution in [0.2, 0.25) is 0 Å². The molecule has 0 amide bonds. The monoisotopic (exact) mass is 464 g/mol. The Balaban J connectivity index is 1.59. The van der Waals surface area contributed by atoms with Gasteiger partial charge in [0.2, 0.25) is 5.89 Å². The molecule has 1 unspecified atom stereocenters. The molecule has 0 spiro atoms. The van der Waals surface area contributed by atoms with Gasteiger partial charge in [0.05, 0.1) is 26.7 Å². The number of benzene rings is 2. The van der Waals surface area contributed by atoms with Gasteiger partial charge in [0, 0.05) is 0 Å². The van der Waals surface area contributed by atoms with Crippen LogP contribution in [0.5, 0.6) is 0 Å². The van der Waals surface area contributed by atoms with Crippen molar-refractivity contribution in [2.75, 3.05) is 0 Å². The number of thioether (sulfide) groups is 1. The van der Waals surface area contributed by atoms with E-state index in [0.717, 1.165) is 4.88 Å². The first-order chi connectivity index (χ1) is 15.5. The summed E-state index contributed by atoms with van der Waals surface area (Å²) in [6.45, 7) is 3.58. The second kappa shape index (κ2) is 8.33. The lowest BCUT2D eigenvalue weighted by Crippen LogP contribution is -2.22.